The van der Waals surface area contributed by atoms with Gasteiger partial charge >= 0.3 is 0 Å². The fraction of sp³-hybridized carbons (Fsp3) is 0.211. The van der Waals surface area contributed by atoms with E-state index in [4.69, 9.17) is 16.1 Å². The maximum absolute atomic E-state index is 12.0. The number of carbonyl (C=O) groups excluding carboxylic acids is 1. The average molecular weight is 356 g/mol. The molecule has 0 bridgehead atoms. The van der Waals surface area contributed by atoms with Gasteiger partial charge in [0.1, 0.15) is 0 Å². The Morgan fingerprint density at radius 3 is 2.56 bits per heavy atom. The van der Waals surface area contributed by atoms with Gasteiger partial charge in [-0.2, -0.15) is 4.98 Å². The van der Waals surface area contributed by atoms with Crippen molar-refractivity contribution in [3.63, 3.8) is 0 Å². The van der Waals surface area contributed by atoms with E-state index in [0.29, 0.717) is 36.1 Å². The van der Waals surface area contributed by atoms with Crippen LogP contribution >= 0.6 is 11.6 Å². The summed E-state index contributed by atoms with van der Waals surface area (Å²) in [5, 5.41) is 7.48. The van der Waals surface area contributed by atoms with Crippen LogP contribution in [0.15, 0.2) is 53.1 Å². The minimum absolute atomic E-state index is 0.0492. The van der Waals surface area contributed by atoms with Crippen LogP contribution in [0.4, 0.5) is 0 Å². The van der Waals surface area contributed by atoms with Crippen LogP contribution < -0.4 is 5.32 Å². The van der Waals surface area contributed by atoms with Gasteiger partial charge in [0.2, 0.25) is 17.6 Å². The summed E-state index contributed by atoms with van der Waals surface area (Å²) in [5.74, 6) is 0.883. The van der Waals surface area contributed by atoms with Gasteiger partial charge in [-0.25, -0.2) is 0 Å². The van der Waals surface area contributed by atoms with E-state index in [0.717, 1.165) is 11.1 Å². The van der Waals surface area contributed by atoms with Crippen LogP contribution in [-0.4, -0.2) is 16.0 Å². The molecule has 0 saturated heterocycles. The Morgan fingerprint density at radius 1 is 1.12 bits per heavy atom. The van der Waals surface area contributed by atoms with Crippen LogP contribution in [0.5, 0.6) is 0 Å². The van der Waals surface area contributed by atoms with E-state index < -0.39 is 0 Å². The number of hydrogen-bond acceptors (Lipinski definition) is 4. The van der Waals surface area contributed by atoms with Crippen molar-refractivity contribution in [3.8, 4) is 11.4 Å². The van der Waals surface area contributed by atoms with Crippen molar-refractivity contribution in [2.45, 2.75) is 26.3 Å². The summed E-state index contributed by atoms with van der Waals surface area (Å²) >= 11 is 5.86. The molecule has 6 heteroatoms. The predicted molar refractivity (Wildman–Crippen MR) is 96.1 cm³/mol. The highest BCUT2D eigenvalue weighted by Crippen LogP contribution is 2.19. The molecule has 3 aromatic rings. The summed E-state index contributed by atoms with van der Waals surface area (Å²) < 4.78 is 5.20. The van der Waals surface area contributed by atoms with Crippen LogP contribution in [0.25, 0.3) is 11.4 Å². The zero-order valence-corrected chi connectivity index (χ0v) is 14.6. The largest absolute Gasteiger partial charge is 0.352 e. The van der Waals surface area contributed by atoms with Crippen molar-refractivity contribution < 1.29 is 9.32 Å². The molecule has 0 aliphatic carbocycles. The SMILES string of the molecule is Cc1ccc(CNC(=O)CCc2nc(-c3ccc(Cl)cc3)no2)cc1. The van der Waals surface area contributed by atoms with Gasteiger partial charge in [-0.15, -0.1) is 0 Å². The summed E-state index contributed by atoms with van der Waals surface area (Å²) in [6.07, 6.45) is 0.703. The molecular weight excluding hydrogens is 338 g/mol. The summed E-state index contributed by atoms with van der Waals surface area (Å²) in [6, 6.07) is 15.3. The summed E-state index contributed by atoms with van der Waals surface area (Å²) in [6.45, 7) is 2.55. The lowest BCUT2D eigenvalue weighted by atomic mass is 10.1. The summed E-state index contributed by atoms with van der Waals surface area (Å²) in [7, 11) is 0. The summed E-state index contributed by atoms with van der Waals surface area (Å²) in [4.78, 5) is 16.3. The highest BCUT2D eigenvalue weighted by molar-refractivity contribution is 6.30. The van der Waals surface area contributed by atoms with Crippen molar-refractivity contribution in [1.29, 1.82) is 0 Å². The Labute approximate surface area is 151 Å². The highest BCUT2D eigenvalue weighted by atomic mass is 35.5. The lowest BCUT2D eigenvalue weighted by molar-refractivity contribution is -0.121. The summed E-state index contributed by atoms with van der Waals surface area (Å²) in [5.41, 5.74) is 3.09. The second-order valence-corrected chi connectivity index (χ2v) is 6.22. The van der Waals surface area contributed by atoms with Crippen LogP contribution in [0.3, 0.4) is 0 Å². The fourth-order valence-corrected chi connectivity index (χ4v) is 2.41. The van der Waals surface area contributed by atoms with Gasteiger partial charge in [0.15, 0.2) is 0 Å². The number of hydrogen-bond donors (Lipinski definition) is 1. The molecule has 0 atom stereocenters. The third kappa shape index (κ3) is 4.90. The van der Waals surface area contributed by atoms with Gasteiger partial charge in [0.25, 0.3) is 0 Å². The zero-order chi connectivity index (χ0) is 17.6. The second kappa shape index (κ2) is 7.94. The first kappa shape index (κ1) is 17.2. The number of nitrogens with zero attached hydrogens (tertiary/aromatic N) is 2. The minimum Gasteiger partial charge on any atom is -0.352 e. The van der Waals surface area contributed by atoms with E-state index in [-0.39, 0.29) is 5.91 Å². The van der Waals surface area contributed by atoms with Crippen molar-refractivity contribution in [2.75, 3.05) is 0 Å². The molecule has 1 amide bonds. The van der Waals surface area contributed by atoms with Crippen LogP contribution in [0, 0.1) is 6.92 Å². The maximum atomic E-state index is 12.0. The molecule has 0 fully saturated rings. The number of nitrogens with one attached hydrogen (secondary N) is 1. The molecule has 1 aromatic heterocycles. The van der Waals surface area contributed by atoms with E-state index in [1.165, 1.54) is 5.56 Å². The number of aryl methyl sites for hydroxylation is 2. The van der Waals surface area contributed by atoms with Gasteiger partial charge in [0.05, 0.1) is 0 Å². The smallest absolute Gasteiger partial charge is 0.227 e. The molecule has 0 radical (unpaired) electrons. The first-order chi connectivity index (χ1) is 12.1. The van der Waals surface area contributed by atoms with E-state index in [2.05, 4.69) is 15.5 Å². The first-order valence-corrected chi connectivity index (χ1v) is 8.39. The molecule has 0 aliphatic heterocycles. The van der Waals surface area contributed by atoms with Crippen molar-refractivity contribution >= 4 is 17.5 Å². The number of carbonyl (C=O) groups is 1. The van der Waals surface area contributed by atoms with Crippen LogP contribution in [0.2, 0.25) is 5.02 Å². The van der Waals surface area contributed by atoms with Gasteiger partial charge in [-0.1, -0.05) is 46.6 Å². The molecule has 2 aromatic carbocycles. The Bertz CT molecular complexity index is 842. The highest BCUT2D eigenvalue weighted by Gasteiger charge is 2.10. The normalized spacial score (nSPS) is 10.6. The molecule has 5 nitrogen and oxygen atoms in total. The molecular formula is C19H18ClN3O2. The van der Waals surface area contributed by atoms with E-state index in [1.54, 1.807) is 12.1 Å². The van der Waals surface area contributed by atoms with Crippen molar-refractivity contribution in [2.24, 2.45) is 0 Å². The number of amides is 1. The topological polar surface area (TPSA) is 68.0 Å². The van der Waals surface area contributed by atoms with Crippen LogP contribution in [0.1, 0.15) is 23.4 Å². The van der Waals surface area contributed by atoms with E-state index in [1.807, 2.05) is 43.3 Å². The molecule has 1 N–H and O–H groups in total. The third-order valence-electron chi connectivity index (χ3n) is 3.75. The van der Waals surface area contributed by atoms with Gasteiger partial charge in [0, 0.05) is 30.0 Å². The zero-order valence-electron chi connectivity index (χ0n) is 13.8. The third-order valence-corrected chi connectivity index (χ3v) is 4.00. The van der Waals surface area contributed by atoms with Gasteiger partial charge in [-0.05, 0) is 36.8 Å². The van der Waals surface area contributed by atoms with Crippen molar-refractivity contribution in [1.82, 2.24) is 15.5 Å². The number of benzene rings is 2. The van der Waals surface area contributed by atoms with E-state index in [9.17, 15) is 4.79 Å². The molecule has 0 spiro atoms. The molecule has 0 saturated carbocycles. The minimum atomic E-state index is -0.0492. The van der Waals surface area contributed by atoms with Crippen LogP contribution in [-0.2, 0) is 17.8 Å². The molecule has 128 valence electrons. The number of halogens is 1. The lowest BCUT2D eigenvalue weighted by Crippen LogP contribution is -2.23. The molecule has 25 heavy (non-hydrogen) atoms. The molecule has 0 aliphatic rings. The average Bonchev–Trinajstić information content (AvgIpc) is 3.09. The Hall–Kier alpha value is -2.66. The standard InChI is InChI=1S/C19H18ClN3O2/c1-13-2-4-14(5-3-13)12-21-17(24)10-11-18-22-19(23-25-18)15-6-8-16(20)9-7-15/h2-9H,10-12H2,1H3,(H,21,24). The first-order valence-electron chi connectivity index (χ1n) is 8.01. The number of rotatable bonds is 6. The second-order valence-electron chi connectivity index (χ2n) is 5.78. The Kier molecular flexibility index (Phi) is 5.46. The lowest BCUT2D eigenvalue weighted by Gasteiger charge is -2.04. The molecule has 1 heterocycles. The monoisotopic (exact) mass is 355 g/mol. The molecule has 0 unspecified atom stereocenters. The van der Waals surface area contributed by atoms with Crippen molar-refractivity contribution in [3.05, 3.63) is 70.6 Å². The quantitative estimate of drug-likeness (QED) is 0.727. The van der Waals surface area contributed by atoms with Gasteiger partial charge < -0.3 is 9.84 Å². The number of aromatic nitrogens is 2. The maximum Gasteiger partial charge on any atom is 0.227 e. The fourth-order valence-electron chi connectivity index (χ4n) is 2.29. The Morgan fingerprint density at radius 2 is 1.84 bits per heavy atom. The van der Waals surface area contributed by atoms with E-state index >= 15 is 0 Å². The Balaban J connectivity index is 1.49. The predicted octanol–water partition coefficient (Wildman–Crippen LogP) is 3.95. The van der Waals surface area contributed by atoms with Gasteiger partial charge in [-0.3, -0.25) is 4.79 Å². The molecule has 3 rings (SSSR count).